The monoisotopic (exact) mass is 1070 g/mol. The first kappa shape index (κ1) is 53.3. The summed E-state index contributed by atoms with van der Waals surface area (Å²) in [6, 6.07) is 15.7. The van der Waals surface area contributed by atoms with Crippen molar-refractivity contribution in [1.82, 2.24) is 34.3 Å². The van der Waals surface area contributed by atoms with Crippen LogP contribution in [-0.4, -0.2) is 123 Å². The number of phosphoric acid groups is 1. The van der Waals surface area contributed by atoms with Gasteiger partial charge in [0.25, 0.3) is 5.91 Å². The zero-order valence-corrected chi connectivity index (χ0v) is 46.6. The summed E-state index contributed by atoms with van der Waals surface area (Å²) >= 11 is 0. The lowest BCUT2D eigenvalue weighted by atomic mass is 9.64. The second kappa shape index (κ2) is 20.8. The SMILES string of the molecule is CCN1c2cc3c(cc2C(C)CC1(C)C)C(c1ccccc1C(=O)N(C)CCCC(=O)NCCCCCCNc1nc2c(N)ncnc2n1[C@@H]1O[C@@H]2COP(=O)(O)O[C@H]2[C@H]1O)=c1cc2c4c(c1C3(C)C)CCC[N+]=4CCC2. The summed E-state index contributed by atoms with van der Waals surface area (Å²) in [5, 5.41) is 20.3. The van der Waals surface area contributed by atoms with Crippen LogP contribution in [-0.2, 0) is 41.4 Å². The Kier molecular flexibility index (Phi) is 14.4. The fraction of sp³-hybridized carbons (Fsp3) is 0.552. The average Bonchev–Trinajstić information content (AvgIpc) is 4.09. The van der Waals surface area contributed by atoms with Crippen molar-refractivity contribution in [2.75, 3.05) is 68.9 Å². The molecule has 0 radical (unpaired) electrons. The number of imidazole rings is 1. The molecule has 2 unspecified atom stereocenters. The number of nitrogens with two attached hydrogens (primary N) is 1. The van der Waals surface area contributed by atoms with Crippen LogP contribution < -0.4 is 36.4 Å². The standard InChI is InChI=1S/C58H75N10O8P/c1-8-67-43-30-42-40(29-39(43)34(2)31-57(67,3)4)46(41-28-35-18-15-26-66-27-16-21-38(49(35)66)47(41)58(42,5)6)36-19-11-12-20-37(36)54(71)65(7)25-17-22-45(69)60-23-13-9-10-14-24-61-56-64-48-52(59)62-33-63-53(48)68(56)55-50(70)51-44(75-55)32-74-77(72,73)76-51/h11-12,19-20,28-30,33-34,44,50-51,55,59,70H,8-10,13-18,21-27,31-32H2,1-7H3,(H3,60,69,71,72,73)/p+1/t34?,44-,50-,51-,55-/m1/s1. The first-order valence-corrected chi connectivity index (χ1v) is 29.5. The maximum Gasteiger partial charge on any atom is 0.472 e. The molecule has 11 rings (SSSR count). The van der Waals surface area contributed by atoms with Gasteiger partial charge in [0, 0.05) is 85.8 Å². The molecule has 6 atom stereocenters. The van der Waals surface area contributed by atoms with Crippen molar-refractivity contribution in [3.8, 4) is 0 Å². The number of aliphatic hydroxyl groups excluding tert-OH is 1. The molecule has 1 aliphatic carbocycles. The summed E-state index contributed by atoms with van der Waals surface area (Å²) in [5.74, 6) is 0.786. The summed E-state index contributed by atoms with van der Waals surface area (Å²) in [4.78, 5) is 55.2. The lowest BCUT2D eigenvalue weighted by molar-refractivity contribution is -0.121. The quantitative estimate of drug-likeness (QED) is 0.0422. The third-order valence-corrected chi connectivity index (χ3v) is 18.3. The lowest BCUT2D eigenvalue weighted by Gasteiger charge is -2.48. The van der Waals surface area contributed by atoms with Crippen LogP contribution in [0, 0.1) is 0 Å². The van der Waals surface area contributed by atoms with Crippen molar-refractivity contribution < 1.29 is 37.9 Å². The molecule has 77 heavy (non-hydrogen) atoms. The van der Waals surface area contributed by atoms with E-state index in [1.807, 2.05) is 19.2 Å². The van der Waals surface area contributed by atoms with E-state index in [-0.39, 0.29) is 35.2 Å². The number of nitrogen functional groups attached to an aromatic ring is 1. The Bertz CT molecular complexity index is 3340. The van der Waals surface area contributed by atoms with Gasteiger partial charge >= 0.3 is 7.82 Å². The second-order valence-corrected chi connectivity index (χ2v) is 24.7. The molecule has 3 aromatic carbocycles. The van der Waals surface area contributed by atoms with Gasteiger partial charge in [-0.3, -0.25) is 23.2 Å². The molecule has 19 heteroatoms. The van der Waals surface area contributed by atoms with E-state index in [9.17, 15) is 24.2 Å². The summed E-state index contributed by atoms with van der Waals surface area (Å²) in [5.41, 5.74) is 19.0. The number of benzene rings is 3. The number of hydrogen-bond acceptors (Lipinski definition) is 13. The van der Waals surface area contributed by atoms with Crippen molar-refractivity contribution in [2.45, 2.75) is 154 Å². The first-order chi connectivity index (χ1) is 36.9. The maximum absolute atomic E-state index is 14.8. The van der Waals surface area contributed by atoms with Crippen molar-refractivity contribution in [2.24, 2.45) is 0 Å². The Labute approximate surface area is 450 Å². The number of nitrogens with zero attached hydrogens (tertiary/aromatic N) is 7. The lowest BCUT2D eigenvalue weighted by Crippen LogP contribution is -2.50. The molecule has 0 spiro atoms. The van der Waals surface area contributed by atoms with E-state index in [2.05, 4.69) is 107 Å². The molecule has 18 nitrogen and oxygen atoms in total. The van der Waals surface area contributed by atoms with Crippen LogP contribution in [0.4, 0.5) is 17.5 Å². The number of carbonyl (C=O) groups is 2. The molecule has 0 bridgehead atoms. The smallest absolute Gasteiger partial charge is 0.386 e. The highest BCUT2D eigenvalue weighted by molar-refractivity contribution is 7.47. The number of ether oxygens (including phenoxy) is 1. The topological polar surface area (TPSA) is 223 Å². The van der Waals surface area contributed by atoms with Gasteiger partial charge in [-0.2, -0.15) is 0 Å². The highest BCUT2D eigenvalue weighted by atomic mass is 31.2. The number of fused-ring (bicyclic) bond motifs is 6. The molecule has 2 aromatic heterocycles. The molecule has 6 aliphatic rings. The van der Waals surface area contributed by atoms with Gasteiger partial charge in [0.05, 0.1) is 6.61 Å². The number of aromatic nitrogens is 4. The molecular weight excluding hydrogens is 996 g/mol. The number of amides is 2. The van der Waals surface area contributed by atoms with Gasteiger partial charge in [0.2, 0.25) is 17.2 Å². The summed E-state index contributed by atoms with van der Waals surface area (Å²) in [7, 11) is -2.47. The van der Waals surface area contributed by atoms with Gasteiger partial charge in [0.1, 0.15) is 37.7 Å². The Morgan fingerprint density at radius 3 is 2.56 bits per heavy atom. The third-order valence-electron chi connectivity index (χ3n) is 17.3. The van der Waals surface area contributed by atoms with Crippen LogP contribution in [0.1, 0.15) is 161 Å². The highest BCUT2D eigenvalue weighted by Crippen LogP contribution is 2.54. The van der Waals surface area contributed by atoms with E-state index in [4.69, 9.17) is 19.5 Å². The molecular formula is C58H76N10O8P+. The molecule has 410 valence electrons. The second-order valence-electron chi connectivity index (χ2n) is 23.3. The van der Waals surface area contributed by atoms with E-state index in [1.165, 1.54) is 56.0 Å². The summed E-state index contributed by atoms with van der Waals surface area (Å²) < 4.78 is 32.5. The van der Waals surface area contributed by atoms with Crippen LogP contribution in [0.25, 0.3) is 16.7 Å². The number of nitrogens with one attached hydrogen (secondary N) is 2. The van der Waals surface area contributed by atoms with Crippen LogP contribution in [0.5, 0.6) is 0 Å². The molecule has 2 amide bonds. The number of hydrogen-bond donors (Lipinski definition) is 5. The Balaban J connectivity index is 0.735. The van der Waals surface area contributed by atoms with Gasteiger partial charge in [-0.1, -0.05) is 51.8 Å². The minimum Gasteiger partial charge on any atom is -0.386 e. The van der Waals surface area contributed by atoms with Gasteiger partial charge in [-0.25, -0.2) is 24.1 Å². The molecule has 0 saturated carbocycles. The van der Waals surface area contributed by atoms with Crippen LogP contribution in [0.2, 0.25) is 0 Å². The van der Waals surface area contributed by atoms with Crippen molar-refractivity contribution in [3.63, 3.8) is 0 Å². The Hall–Kier alpha value is -5.75. The molecule has 2 saturated heterocycles. The number of aliphatic hydroxyl groups is 1. The number of rotatable bonds is 16. The number of unbranched alkanes of at least 4 members (excludes halogenated alkanes) is 3. The van der Waals surface area contributed by atoms with Gasteiger partial charge < -0.3 is 40.9 Å². The maximum atomic E-state index is 14.8. The number of aryl methyl sites for hydroxylation is 1. The Morgan fingerprint density at radius 2 is 1.77 bits per heavy atom. The van der Waals surface area contributed by atoms with Gasteiger partial charge in [-0.05, 0) is 128 Å². The number of anilines is 3. The molecule has 5 aliphatic heterocycles. The zero-order valence-electron chi connectivity index (χ0n) is 45.7. The third kappa shape index (κ3) is 9.64. The van der Waals surface area contributed by atoms with E-state index in [0.29, 0.717) is 61.1 Å². The van der Waals surface area contributed by atoms with Crippen molar-refractivity contribution in [1.29, 1.82) is 0 Å². The minimum atomic E-state index is -4.33. The fourth-order valence-electron chi connectivity index (χ4n) is 13.8. The van der Waals surface area contributed by atoms with Crippen molar-refractivity contribution >= 4 is 53.8 Å². The highest BCUT2D eigenvalue weighted by Gasteiger charge is 2.53. The van der Waals surface area contributed by atoms with E-state index < -0.39 is 32.4 Å². The van der Waals surface area contributed by atoms with E-state index >= 15 is 0 Å². The normalized spacial score (nSPS) is 24.6. The Morgan fingerprint density at radius 1 is 1.00 bits per heavy atom. The van der Waals surface area contributed by atoms with E-state index in [0.717, 1.165) is 88.6 Å². The van der Waals surface area contributed by atoms with E-state index in [1.54, 1.807) is 9.47 Å². The zero-order chi connectivity index (χ0) is 54.1. The van der Waals surface area contributed by atoms with Crippen LogP contribution >= 0.6 is 7.82 Å². The predicted octanol–water partition coefficient (Wildman–Crippen LogP) is 6.21. The first-order valence-electron chi connectivity index (χ1n) is 28.0. The fourth-order valence-corrected chi connectivity index (χ4v) is 14.8. The molecule has 2 fully saturated rings. The number of carbonyl (C=O) groups excluding carboxylic acids is 2. The predicted molar refractivity (Wildman–Crippen MR) is 297 cm³/mol. The molecule has 7 heterocycles. The van der Waals surface area contributed by atoms with Gasteiger partial charge in [0.15, 0.2) is 23.2 Å². The molecule has 5 aromatic rings. The molecule has 6 N–H and O–H groups in total. The summed E-state index contributed by atoms with van der Waals surface area (Å²) in [6.07, 6.45) is 6.69. The minimum absolute atomic E-state index is 0.0301. The van der Waals surface area contributed by atoms with Crippen molar-refractivity contribution in [3.05, 3.63) is 104 Å². The largest absolute Gasteiger partial charge is 0.472 e. The van der Waals surface area contributed by atoms with Crippen LogP contribution in [0.3, 0.4) is 0 Å². The van der Waals surface area contributed by atoms with Gasteiger partial charge in [-0.15, -0.1) is 0 Å². The summed E-state index contributed by atoms with van der Waals surface area (Å²) in [6.45, 7) is 18.7. The average molecular weight is 1070 g/mol. The van der Waals surface area contributed by atoms with Crippen LogP contribution in [0.15, 0.2) is 48.8 Å². The number of phosphoric ester groups is 1.